The van der Waals surface area contributed by atoms with E-state index in [4.69, 9.17) is 0 Å². The molecule has 0 spiro atoms. The van der Waals surface area contributed by atoms with Crippen LogP contribution in [0, 0.1) is 11.6 Å². The van der Waals surface area contributed by atoms with Crippen LogP contribution in [0.1, 0.15) is 5.56 Å². The molecule has 3 rings (SSSR count). The molecule has 0 radical (unpaired) electrons. The Labute approximate surface area is 155 Å². The molecule has 3 aromatic rings. The Balaban J connectivity index is 1.56. The molecule has 0 unspecified atom stereocenters. The highest BCUT2D eigenvalue weighted by Gasteiger charge is 2.15. The predicted octanol–water partition coefficient (Wildman–Crippen LogP) is 3.21. The molecular weight excluding hydrogens is 374 g/mol. The lowest BCUT2D eigenvalue weighted by Gasteiger charge is -2.08. The summed E-state index contributed by atoms with van der Waals surface area (Å²) in [4.78, 5) is -0.0767. The maximum Gasteiger partial charge on any atom is 0.263 e. The summed E-state index contributed by atoms with van der Waals surface area (Å²) in [7, 11) is -3.87. The van der Waals surface area contributed by atoms with Crippen molar-refractivity contribution in [3.05, 3.63) is 77.9 Å². The van der Waals surface area contributed by atoms with Crippen LogP contribution in [-0.4, -0.2) is 25.2 Å². The van der Waals surface area contributed by atoms with Gasteiger partial charge in [0.15, 0.2) is 5.82 Å². The van der Waals surface area contributed by atoms with Gasteiger partial charge in [-0.05, 0) is 60.5 Å². The molecule has 0 atom stereocenters. The summed E-state index contributed by atoms with van der Waals surface area (Å²) in [6.07, 6.45) is 0.668. The van der Waals surface area contributed by atoms with Gasteiger partial charge in [-0.2, -0.15) is 0 Å². The van der Waals surface area contributed by atoms with Crippen LogP contribution in [0.3, 0.4) is 0 Å². The first-order valence-electron chi connectivity index (χ1n) is 8.03. The van der Waals surface area contributed by atoms with Crippen molar-refractivity contribution in [2.24, 2.45) is 0 Å². The molecular formula is C18H16F2N4O2S. The van der Waals surface area contributed by atoms with Crippen LogP contribution in [0.15, 0.2) is 65.6 Å². The quantitative estimate of drug-likeness (QED) is 0.647. The number of aromatic nitrogens is 2. The van der Waals surface area contributed by atoms with Crippen molar-refractivity contribution in [1.29, 1.82) is 0 Å². The summed E-state index contributed by atoms with van der Waals surface area (Å²) in [5.74, 6) is -0.286. The highest BCUT2D eigenvalue weighted by Crippen LogP contribution is 2.15. The Bertz CT molecular complexity index is 993. The molecule has 0 fully saturated rings. The smallest absolute Gasteiger partial charge is 0.263 e. The fourth-order valence-electron chi connectivity index (χ4n) is 2.28. The highest BCUT2D eigenvalue weighted by molar-refractivity contribution is 7.92. The number of rotatable bonds is 7. The van der Waals surface area contributed by atoms with E-state index >= 15 is 0 Å². The minimum absolute atomic E-state index is 0.0448. The second-order valence-electron chi connectivity index (χ2n) is 5.67. The minimum Gasteiger partial charge on any atom is -0.368 e. The number of hydrogen-bond donors (Lipinski definition) is 2. The first-order chi connectivity index (χ1) is 12.9. The zero-order valence-corrected chi connectivity index (χ0v) is 14.9. The Morgan fingerprint density at radius 1 is 0.778 bits per heavy atom. The van der Waals surface area contributed by atoms with Crippen molar-refractivity contribution in [1.82, 2.24) is 10.2 Å². The molecule has 27 heavy (non-hydrogen) atoms. The van der Waals surface area contributed by atoms with Gasteiger partial charge in [0, 0.05) is 6.54 Å². The van der Waals surface area contributed by atoms with E-state index in [2.05, 4.69) is 20.2 Å². The first-order valence-corrected chi connectivity index (χ1v) is 9.51. The van der Waals surface area contributed by atoms with Gasteiger partial charge in [0.2, 0.25) is 0 Å². The van der Waals surface area contributed by atoms with Crippen LogP contribution in [0.5, 0.6) is 0 Å². The van der Waals surface area contributed by atoms with E-state index in [-0.39, 0.29) is 16.5 Å². The van der Waals surface area contributed by atoms with Gasteiger partial charge >= 0.3 is 0 Å². The van der Waals surface area contributed by atoms with E-state index in [9.17, 15) is 17.2 Å². The SMILES string of the molecule is O=S(=O)(Nc1ccc(NCCc2ccc(F)cc2)nn1)c1ccc(F)cc1. The van der Waals surface area contributed by atoms with Crippen LogP contribution < -0.4 is 10.0 Å². The maximum absolute atomic E-state index is 12.9. The van der Waals surface area contributed by atoms with E-state index < -0.39 is 15.8 Å². The third-order valence-corrected chi connectivity index (χ3v) is 5.03. The van der Waals surface area contributed by atoms with Gasteiger partial charge in [-0.25, -0.2) is 17.2 Å². The summed E-state index contributed by atoms with van der Waals surface area (Å²) >= 11 is 0. The van der Waals surface area contributed by atoms with Crippen LogP contribution in [0.4, 0.5) is 20.4 Å². The largest absolute Gasteiger partial charge is 0.368 e. The molecule has 0 saturated carbocycles. The molecule has 6 nitrogen and oxygen atoms in total. The Morgan fingerprint density at radius 3 is 1.93 bits per heavy atom. The van der Waals surface area contributed by atoms with E-state index in [0.29, 0.717) is 18.8 Å². The number of anilines is 2. The monoisotopic (exact) mass is 390 g/mol. The number of nitrogens with one attached hydrogen (secondary N) is 2. The minimum atomic E-state index is -3.87. The lowest BCUT2D eigenvalue weighted by molar-refractivity contribution is 0.599. The number of halogens is 2. The third-order valence-electron chi connectivity index (χ3n) is 3.66. The van der Waals surface area contributed by atoms with Crippen molar-refractivity contribution in [3.63, 3.8) is 0 Å². The van der Waals surface area contributed by atoms with Gasteiger partial charge in [0.05, 0.1) is 4.90 Å². The average Bonchev–Trinajstić information content (AvgIpc) is 2.65. The zero-order chi connectivity index (χ0) is 19.3. The van der Waals surface area contributed by atoms with Crippen LogP contribution >= 0.6 is 0 Å². The van der Waals surface area contributed by atoms with Gasteiger partial charge in [0.1, 0.15) is 17.5 Å². The fraction of sp³-hybridized carbons (Fsp3) is 0.111. The Kier molecular flexibility index (Phi) is 5.60. The van der Waals surface area contributed by atoms with E-state index in [1.54, 1.807) is 18.2 Å². The van der Waals surface area contributed by atoms with Gasteiger partial charge in [-0.15, -0.1) is 10.2 Å². The van der Waals surface area contributed by atoms with Crippen LogP contribution in [0.25, 0.3) is 0 Å². The summed E-state index contributed by atoms with van der Waals surface area (Å²) in [6, 6.07) is 13.7. The van der Waals surface area contributed by atoms with Crippen molar-refractivity contribution in [3.8, 4) is 0 Å². The lowest BCUT2D eigenvalue weighted by Crippen LogP contribution is -2.15. The summed E-state index contributed by atoms with van der Waals surface area (Å²) < 4.78 is 52.5. The van der Waals surface area contributed by atoms with E-state index in [1.165, 1.54) is 18.2 Å². The Hall–Kier alpha value is -3.07. The average molecular weight is 390 g/mol. The normalized spacial score (nSPS) is 11.2. The maximum atomic E-state index is 12.9. The number of benzene rings is 2. The first kappa shape index (κ1) is 18.7. The topological polar surface area (TPSA) is 84.0 Å². The molecule has 0 aliphatic rings. The van der Waals surface area contributed by atoms with Crippen molar-refractivity contribution in [2.75, 3.05) is 16.6 Å². The molecule has 1 heterocycles. The molecule has 1 aromatic heterocycles. The standard InChI is InChI=1S/C18H16F2N4O2S/c19-14-3-1-13(2-4-14)11-12-21-17-9-10-18(23-22-17)24-27(25,26)16-7-5-15(20)6-8-16/h1-10H,11-12H2,(H,21,22)(H,23,24). The Morgan fingerprint density at radius 2 is 1.33 bits per heavy atom. The molecule has 9 heteroatoms. The van der Waals surface area contributed by atoms with Crippen LogP contribution in [0.2, 0.25) is 0 Å². The summed E-state index contributed by atoms with van der Waals surface area (Å²) in [5, 5.41) is 10.8. The highest BCUT2D eigenvalue weighted by atomic mass is 32.2. The van der Waals surface area contributed by atoms with Gasteiger partial charge in [-0.3, -0.25) is 4.72 Å². The summed E-state index contributed by atoms with van der Waals surface area (Å²) in [6.45, 7) is 0.557. The van der Waals surface area contributed by atoms with E-state index in [0.717, 1.165) is 29.8 Å². The second kappa shape index (κ2) is 8.09. The van der Waals surface area contributed by atoms with Gasteiger partial charge in [0.25, 0.3) is 10.0 Å². The molecule has 2 aromatic carbocycles. The van der Waals surface area contributed by atoms with Gasteiger partial charge < -0.3 is 5.32 Å². The van der Waals surface area contributed by atoms with Crippen molar-refractivity contribution >= 4 is 21.7 Å². The van der Waals surface area contributed by atoms with Gasteiger partial charge in [-0.1, -0.05) is 12.1 Å². The number of sulfonamides is 1. The number of nitrogens with zero attached hydrogens (tertiary/aromatic N) is 2. The predicted molar refractivity (Wildman–Crippen MR) is 97.8 cm³/mol. The lowest BCUT2D eigenvalue weighted by atomic mass is 10.1. The molecule has 0 aliphatic heterocycles. The zero-order valence-electron chi connectivity index (χ0n) is 14.1. The van der Waals surface area contributed by atoms with Crippen molar-refractivity contribution < 1.29 is 17.2 Å². The molecule has 0 amide bonds. The third kappa shape index (κ3) is 5.20. The van der Waals surface area contributed by atoms with Crippen molar-refractivity contribution in [2.45, 2.75) is 11.3 Å². The van der Waals surface area contributed by atoms with E-state index in [1.807, 2.05) is 0 Å². The molecule has 2 N–H and O–H groups in total. The molecule has 140 valence electrons. The number of hydrogen-bond acceptors (Lipinski definition) is 5. The van der Waals surface area contributed by atoms with Crippen LogP contribution in [-0.2, 0) is 16.4 Å². The molecule has 0 aliphatic carbocycles. The molecule has 0 bridgehead atoms. The molecule has 0 saturated heterocycles. The fourth-order valence-corrected chi connectivity index (χ4v) is 3.27. The second-order valence-corrected chi connectivity index (χ2v) is 7.35. The summed E-state index contributed by atoms with van der Waals surface area (Å²) in [5.41, 5.74) is 0.973.